The fraction of sp³-hybridized carbons (Fsp3) is 0.471. The molecule has 2 aromatic rings. The summed E-state index contributed by atoms with van der Waals surface area (Å²) in [4.78, 5) is 4.80. The van der Waals surface area contributed by atoms with Crippen LogP contribution in [0.25, 0.3) is 10.9 Å². The first kappa shape index (κ1) is 15.1. The normalized spacial score (nSPS) is 11.3. The monoisotopic (exact) mass is 290 g/mol. The van der Waals surface area contributed by atoms with E-state index in [9.17, 15) is 0 Å². The minimum atomic E-state index is 0.447. The SMILES string of the molecule is CCCNc1c(C(C)C)c(C)nc2c(C)c(Cl)ccc12. The van der Waals surface area contributed by atoms with Crippen LogP contribution in [0.3, 0.4) is 0 Å². The number of rotatable bonds is 4. The highest BCUT2D eigenvalue weighted by molar-refractivity contribution is 6.32. The molecule has 20 heavy (non-hydrogen) atoms. The molecule has 0 fully saturated rings. The Labute approximate surface area is 126 Å². The Morgan fingerprint density at radius 1 is 1.25 bits per heavy atom. The van der Waals surface area contributed by atoms with Gasteiger partial charge in [0.25, 0.3) is 0 Å². The number of fused-ring (bicyclic) bond motifs is 1. The molecule has 1 heterocycles. The molecule has 2 nitrogen and oxygen atoms in total. The van der Waals surface area contributed by atoms with Crippen LogP contribution in [0.4, 0.5) is 5.69 Å². The second-order valence-electron chi connectivity index (χ2n) is 5.64. The van der Waals surface area contributed by atoms with Crippen molar-refractivity contribution in [2.24, 2.45) is 0 Å². The summed E-state index contributed by atoms with van der Waals surface area (Å²) in [6.07, 6.45) is 1.10. The zero-order chi connectivity index (χ0) is 14.9. The van der Waals surface area contributed by atoms with Gasteiger partial charge in [-0.2, -0.15) is 0 Å². The fourth-order valence-corrected chi connectivity index (χ4v) is 2.87. The van der Waals surface area contributed by atoms with Crippen LogP contribution in [0.15, 0.2) is 12.1 Å². The van der Waals surface area contributed by atoms with E-state index in [4.69, 9.17) is 16.6 Å². The first-order chi connectivity index (χ1) is 9.47. The van der Waals surface area contributed by atoms with Crippen molar-refractivity contribution in [1.82, 2.24) is 4.98 Å². The van der Waals surface area contributed by atoms with Crippen molar-refractivity contribution in [1.29, 1.82) is 0 Å². The number of hydrogen-bond acceptors (Lipinski definition) is 2. The number of hydrogen-bond donors (Lipinski definition) is 1. The molecule has 1 aromatic carbocycles. The molecule has 0 saturated carbocycles. The molecule has 0 aliphatic carbocycles. The van der Waals surface area contributed by atoms with Crippen molar-refractivity contribution in [2.75, 3.05) is 11.9 Å². The van der Waals surface area contributed by atoms with E-state index in [2.05, 4.69) is 39.1 Å². The van der Waals surface area contributed by atoms with E-state index in [-0.39, 0.29) is 0 Å². The molecule has 0 atom stereocenters. The Balaban J connectivity index is 2.79. The zero-order valence-corrected chi connectivity index (χ0v) is 13.7. The van der Waals surface area contributed by atoms with Crippen molar-refractivity contribution in [2.45, 2.75) is 47.0 Å². The topological polar surface area (TPSA) is 24.9 Å². The lowest BCUT2D eigenvalue weighted by atomic mass is 9.95. The molecule has 1 N–H and O–H groups in total. The highest BCUT2D eigenvalue weighted by atomic mass is 35.5. The van der Waals surface area contributed by atoms with E-state index in [1.807, 2.05) is 13.0 Å². The second-order valence-corrected chi connectivity index (χ2v) is 6.04. The van der Waals surface area contributed by atoms with Crippen LogP contribution in [0.2, 0.25) is 5.02 Å². The molecule has 0 spiro atoms. The number of pyridine rings is 1. The van der Waals surface area contributed by atoms with Crippen LogP contribution in [-0.2, 0) is 0 Å². The number of anilines is 1. The Morgan fingerprint density at radius 2 is 1.95 bits per heavy atom. The standard InChI is InChI=1S/C17H23ClN2/c1-6-9-19-17-13-7-8-14(18)11(4)16(13)20-12(5)15(17)10(2)3/h7-8,10H,6,9H2,1-5H3,(H,19,20). The molecule has 2 rings (SSSR count). The smallest absolute Gasteiger partial charge is 0.0770 e. The van der Waals surface area contributed by atoms with E-state index in [1.165, 1.54) is 16.6 Å². The van der Waals surface area contributed by atoms with Gasteiger partial charge in [0.05, 0.1) is 5.52 Å². The van der Waals surface area contributed by atoms with Gasteiger partial charge < -0.3 is 5.32 Å². The molecule has 0 aliphatic rings. The lowest BCUT2D eigenvalue weighted by Crippen LogP contribution is -2.08. The lowest BCUT2D eigenvalue weighted by Gasteiger charge is -2.20. The van der Waals surface area contributed by atoms with Gasteiger partial charge in [0.1, 0.15) is 0 Å². The van der Waals surface area contributed by atoms with E-state index < -0.39 is 0 Å². The predicted molar refractivity (Wildman–Crippen MR) is 89.1 cm³/mol. The Bertz CT molecular complexity index is 633. The van der Waals surface area contributed by atoms with Gasteiger partial charge in [-0.05, 0) is 49.4 Å². The van der Waals surface area contributed by atoms with Crippen molar-refractivity contribution in [3.05, 3.63) is 34.0 Å². The maximum absolute atomic E-state index is 6.24. The van der Waals surface area contributed by atoms with E-state index >= 15 is 0 Å². The molecule has 0 saturated heterocycles. The second kappa shape index (κ2) is 6.01. The average molecular weight is 291 g/mol. The predicted octanol–water partition coefficient (Wildman–Crippen LogP) is 5.45. The molecule has 3 heteroatoms. The molecule has 1 aromatic heterocycles. The van der Waals surface area contributed by atoms with Crippen LogP contribution in [0.1, 0.15) is 49.9 Å². The van der Waals surface area contributed by atoms with Gasteiger partial charge in [0.2, 0.25) is 0 Å². The van der Waals surface area contributed by atoms with Gasteiger partial charge in [-0.1, -0.05) is 32.4 Å². The van der Waals surface area contributed by atoms with Gasteiger partial charge in [-0.3, -0.25) is 4.98 Å². The van der Waals surface area contributed by atoms with Crippen molar-refractivity contribution in [3.8, 4) is 0 Å². The van der Waals surface area contributed by atoms with Crippen LogP contribution in [0.5, 0.6) is 0 Å². The van der Waals surface area contributed by atoms with Gasteiger partial charge in [0, 0.05) is 28.3 Å². The van der Waals surface area contributed by atoms with Gasteiger partial charge in [0.15, 0.2) is 0 Å². The van der Waals surface area contributed by atoms with E-state index in [0.29, 0.717) is 5.92 Å². The fourth-order valence-electron chi connectivity index (χ4n) is 2.72. The number of nitrogens with one attached hydrogen (secondary N) is 1. The number of nitrogens with zero attached hydrogens (tertiary/aromatic N) is 1. The summed E-state index contributed by atoms with van der Waals surface area (Å²) in [5.74, 6) is 0.447. The third-order valence-electron chi connectivity index (χ3n) is 3.70. The summed E-state index contributed by atoms with van der Waals surface area (Å²) < 4.78 is 0. The highest BCUT2D eigenvalue weighted by Gasteiger charge is 2.16. The van der Waals surface area contributed by atoms with Gasteiger partial charge >= 0.3 is 0 Å². The van der Waals surface area contributed by atoms with E-state index in [1.54, 1.807) is 0 Å². The summed E-state index contributed by atoms with van der Waals surface area (Å²) in [6, 6.07) is 4.05. The van der Waals surface area contributed by atoms with Crippen molar-refractivity contribution in [3.63, 3.8) is 0 Å². The van der Waals surface area contributed by atoms with Crippen molar-refractivity contribution < 1.29 is 0 Å². The summed E-state index contributed by atoms with van der Waals surface area (Å²) in [7, 11) is 0. The molecule has 0 amide bonds. The average Bonchev–Trinajstić information content (AvgIpc) is 2.40. The highest BCUT2D eigenvalue weighted by Crippen LogP contribution is 2.36. The summed E-state index contributed by atoms with van der Waals surface area (Å²) >= 11 is 6.24. The summed E-state index contributed by atoms with van der Waals surface area (Å²) in [5, 5.41) is 5.55. The van der Waals surface area contributed by atoms with Gasteiger partial charge in [-0.25, -0.2) is 0 Å². The third-order valence-corrected chi connectivity index (χ3v) is 4.11. The Morgan fingerprint density at radius 3 is 2.55 bits per heavy atom. The summed E-state index contributed by atoms with van der Waals surface area (Å²) in [5.41, 5.74) is 5.70. The third kappa shape index (κ3) is 2.62. The van der Waals surface area contributed by atoms with Crippen LogP contribution < -0.4 is 5.32 Å². The van der Waals surface area contributed by atoms with Crippen LogP contribution in [0, 0.1) is 13.8 Å². The van der Waals surface area contributed by atoms with Crippen LogP contribution >= 0.6 is 11.6 Å². The molecule has 0 radical (unpaired) electrons. The molecule has 108 valence electrons. The van der Waals surface area contributed by atoms with Gasteiger partial charge in [-0.15, -0.1) is 0 Å². The lowest BCUT2D eigenvalue weighted by molar-refractivity contribution is 0.844. The first-order valence-corrected chi connectivity index (χ1v) is 7.68. The zero-order valence-electron chi connectivity index (χ0n) is 13.0. The number of benzene rings is 1. The number of aryl methyl sites for hydroxylation is 2. The molecule has 0 bridgehead atoms. The molecule has 0 unspecified atom stereocenters. The number of halogens is 1. The Hall–Kier alpha value is -1.28. The van der Waals surface area contributed by atoms with E-state index in [0.717, 1.165) is 34.8 Å². The molecular weight excluding hydrogens is 268 g/mol. The first-order valence-electron chi connectivity index (χ1n) is 7.30. The minimum Gasteiger partial charge on any atom is -0.384 e. The van der Waals surface area contributed by atoms with Crippen molar-refractivity contribution >= 4 is 28.2 Å². The quantitative estimate of drug-likeness (QED) is 0.810. The summed E-state index contributed by atoms with van der Waals surface area (Å²) in [6.45, 7) is 11.7. The number of aromatic nitrogens is 1. The molecular formula is C17H23ClN2. The maximum Gasteiger partial charge on any atom is 0.0770 e. The maximum atomic E-state index is 6.24. The largest absolute Gasteiger partial charge is 0.384 e. The van der Waals surface area contributed by atoms with Crippen LogP contribution in [-0.4, -0.2) is 11.5 Å². The Kier molecular flexibility index (Phi) is 4.54. The minimum absolute atomic E-state index is 0.447. The molecule has 0 aliphatic heterocycles.